The Morgan fingerprint density at radius 3 is 3.21 bits per heavy atom. The van der Waals surface area contributed by atoms with Crippen molar-refractivity contribution in [1.29, 1.82) is 0 Å². The van der Waals surface area contributed by atoms with Gasteiger partial charge >= 0.3 is 0 Å². The first-order chi connectivity index (χ1) is 9.16. The third-order valence-corrected chi connectivity index (χ3v) is 3.52. The number of hydrogen-bond donors (Lipinski definition) is 3. The Bertz CT molecular complexity index is 419. The molecule has 6 nitrogen and oxygen atoms in total. The third-order valence-electron chi connectivity index (χ3n) is 3.52. The van der Waals surface area contributed by atoms with Gasteiger partial charge in [-0.15, -0.1) is 0 Å². The van der Waals surface area contributed by atoms with Gasteiger partial charge in [-0.1, -0.05) is 0 Å². The molecule has 1 fully saturated rings. The van der Waals surface area contributed by atoms with Crippen LogP contribution in [0.1, 0.15) is 25.1 Å². The molecule has 0 spiro atoms. The van der Waals surface area contributed by atoms with Crippen LogP contribution < -0.4 is 10.6 Å². The van der Waals surface area contributed by atoms with Crippen LogP contribution in [0.4, 0.5) is 0 Å². The molecule has 1 aromatic heterocycles. The van der Waals surface area contributed by atoms with Crippen LogP contribution in [-0.2, 0) is 11.3 Å². The number of aliphatic hydroxyl groups is 1. The highest BCUT2D eigenvalue weighted by atomic mass is 16.3. The molecule has 1 saturated heterocycles. The van der Waals surface area contributed by atoms with Gasteiger partial charge in [0.05, 0.1) is 12.1 Å². The number of aromatic nitrogens is 2. The van der Waals surface area contributed by atoms with Crippen molar-refractivity contribution >= 4 is 5.91 Å². The lowest BCUT2D eigenvalue weighted by Gasteiger charge is -2.29. The molecule has 1 amide bonds. The predicted molar refractivity (Wildman–Crippen MR) is 71.6 cm³/mol. The van der Waals surface area contributed by atoms with E-state index in [-0.39, 0.29) is 11.9 Å². The van der Waals surface area contributed by atoms with Crippen molar-refractivity contribution in [2.75, 3.05) is 13.1 Å². The van der Waals surface area contributed by atoms with Crippen molar-refractivity contribution in [3.8, 4) is 0 Å². The van der Waals surface area contributed by atoms with E-state index < -0.39 is 6.10 Å². The van der Waals surface area contributed by atoms with Gasteiger partial charge in [0, 0.05) is 31.9 Å². The van der Waals surface area contributed by atoms with E-state index in [2.05, 4.69) is 15.6 Å². The summed E-state index contributed by atoms with van der Waals surface area (Å²) in [4.78, 5) is 15.9. The van der Waals surface area contributed by atoms with Crippen molar-refractivity contribution < 1.29 is 9.90 Å². The number of nitrogens with one attached hydrogen (secondary N) is 2. The lowest BCUT2D eigenvalue weighted by molar-refractivity contribution is -0.123. The van der Waals surface area contributed by atoms with Gasteiger partial charge in [-0.25, -0.2) is 4.98 Å². The first-order valence-electron chi connectivity index (χ1n) is 6.82. The van der Waals surface area contributed by atoms with Crippen LogP contribution in [0.25, 0.3) is 0 Å². The van der Waals surface area contributed by atoms with Gasteiger partial charge in [0.15, 0.2) is 0 Å². The molecule has 0 saturated carbocycles. The van der Waals surface area contributed by atoms with Crippen LogP contribution in [-0.4, -0.2) is 45.8 Å². The van der Waals surface area contributed by atoms with E-state index in [1.165, 1.54) is 0 Å². The Hall–Kier alpha value is -1.40. The van der Waals surface area contributed by atoms with E-state index in [1.807, 2.05) is 17.7 Å². The average molecular weight is 266 g/mol. The van der Waals surface area contributed by atoms with E-state index >= 15 is 0 Å². The Labute approximate surface area is 113 Å². The maximum Gasteiger partial charge on any atom is 0.220 e. The summed E-state index contributed by atoms with van der Waals surface area (Å²) < 4.78 is 2.03. The van der Waals surface area contributed by atoms with E-state index in [4.69, 9.17) is 0 Å². The number of β-amino-alcohol motifs (C(OH)–C–C–N with tert-alkyl or cyclic N) is 1. The van der Waals surface area contributed by atoms with Gasteiger partial charge in [0.1, 0.15) is 5.82 Å². The predicted octanol–water partition coefficient (Wildman–Crippen LogP) is -0.189. The fourth-order valence-electron chi connectivity index (χ4n) is 2.34. The Morgan fingerprint density at radius 1 is 1.68 bits per heavy atom. The minimum absolute atomic E-state index is 0.0173. The summed E-state index contributed by atoms with van der Waals surface area (Å²) in [5.74, 6) is 0.984. The van der Waals surface area contributed by atoms with Gasteiger partial charge in [-0.2, -0.15) is 0 Å². The summed E-state index contributed by atoms with van der Waals surface area (Å²) in [6, 6.07) is -0.108. The maximum atomic E-state index is 11.8. The molecule has 2 rings (SSSR count). The Morgan fingerprint density at radius 2 is 2.53 bits per heavy atom. The minimum Gasteiger partial charge on any atom is -0.390 e. The largest absolute Gasteiger partial charge is 0.390 e. The average Bonchev–Trinajstić information content (AvgIpc) is 2.78. The second-order valence-electron chi connectivity index (χ2n) is 5.01. The zero-order chi connectivity index (χ0) is 13.7. The third kappa shape index (κ3) is 4.04. The summed E-state index contributed by atoms with van der Waals surface area (Å²) in [5.41, 5.74) is 0. The molecular formula is C13H22N4O2. The number of carbonyl (C=O) groups is 1. The highest BCUT2D eigenvalue weighted by Crippen LogP contribution is 2.05. The van der Waals surface area contributed by atoms with Crippen molar-refractivity contribution in [2.24, 2.45) is 0 Å². The SMILES string of the molecule is Cc1nccn1CCCC(=O)NC1CCNCC1O. The number of aryl methyl sites for hydroxylation is 2. The second kappa shape index (κ2) is 6.68. The lowest BCUT2D eigenvalue weighted by Crippen LogP contribution is -2.52. The molecule has 1 aliphatic rings. The Balaban J connectivity index is 1.68. The van der Waals surface area contributed by atoms with E-state index in [0.29, 0.717) is 13.0 Å². The topological polar surface area (TPSA) is 79.2 Å². The molecule has 1 aliphatic heterocycles. The fraction of sp³-hybridized carbons (Fsp3) is 0.692. The highest BCUT2D eigenvalue weighted by Gasteiger charge is 2.23. The number of imidazole rings is 1. The van der Waals surface area contributed by atoms with Crippen molar-refractivity contribution in [3.63, 3.8) is 0 Å². The second-order valence-corrected chi connectivity index (χ2v) is 5.01. The van der Waals surface area contributed by atoms with Gasteiger partial charge in [0.25, 0.3) is 0 Å². The molecule has 106 valence electrons. The number of piperidine rings is 1. The molecule has 19 heavy (non-hydrogen) atoms. The summed E-state index contributed by atoms with van der Waals surface area (Å²) >= 11 is 0. The van der Waals surface area contributed by atoms with Crippen molar-refractivity contribution in [3.05, 3.63) is 18.2 Å². The van der Waals surface area contributed by atoms with Crippen molar-refractivity contribution in [2.45, 2.75) is 44.9 Å². The van der Waals surface area contributed by atoms with Gasteiger partial charge in [-0.05, 0) is 26.3 Å². The number of carbonyl (C=O) groups excluding carboxylic acids is 1. The number of hydrogen-bond acceptors (Lipinski definition) is 4. The first kappa shape index (κ1) is 14.0. The number of nitrogens with zero attached hydrogens (tertiary/aromatic N) is 2. The number of amides is 1. The van der Waals surface area contributed by atoms with E-state index in [9.17, 15) is 9.90 Å². The molecular weight excluding hydrogens is 244 g/mol. The zero-order valence-corrected chi connectivity index (χ0v) is 11.3. The van der Waals surface area contributed by atoms with Crippen LogP contribution in [0.15, 0.2) is 12.4 Å². The summed E-state index contributed by atoms with van der Waals surface area (Å²) in [5, 5.41) is 15.7. The zero-order valence-electron chi connectivity index (χ0n) is 11.3. The van der Waals surface area contributed by atoms with Crippen LogP contribution in [0, 0.1) is 6.92 Å². The lowest BCUT2D eigenvalue weighted by atomic mass is 10.0. The Kier molecular flexibility index (Phi) is 4.93. The number of aliphatic hydroxyl groups excluding tert-OH is 1. The number of rotatable bonds is 5. The smallest absolute Gasteiger partial charge is 0.220 e. The molecule has 1 aromatic rings. The van der Waals surface area contributed by atoms with Crippen LogP contribution in [0.3, 0.4) is 0 Å². The highest BCUT2D eigenvalue weighted by molar-refractivity contribution is 5.76. The standard InChI is InChI=1S/C13H22N4O2/c1-10-15-6-8-17(10)7-2-3-13(19)16-11-4-5-14-9-12(11)18/h6,8,11-12,14,18H,2-5,7,9H2,1H3,(H,16,19). The molecule has 0 radical (unpaired) electrons. The molecule has 2 unspecified atom stereocenters. The first-order valence-corrected chi connectivity index (χ1v) is 6.82. The normalized spacial score (nSPS) is 23.3. The van der Waals surface area contributed by atoms with Crippen molar-refractivity contribution in [1.82, 2.24) is 20.2 Å². The van der Waals surface area contributed by atoms with Gasteiger partial charge in [-0.3, -0.25) is 4.79 Å². The molecule has 0 aromatic carbocycles. The molecule has 0 aliphatic carbocycles. The van der Waals surface area contributed by atoms with E-state index in [1.54, 1.807) is 6.20 Å². The maximum absolute atomic E-state index is 11.8. The fourth-order valence-corrected chi connectivity index (χ4v) is 2.34. The van der Waals surface area contributed by atoms with Gasteiger partial charge < -0.3 is 20.3 Å². The monoisotopic (exact) mass is 266 g/mol. The molecule has 6 heteroatoms. The van der Waals surface area contributed by atoms with Crippen LogP contribution >= 0.6 is 0 Å². The molecule has 2 atom stereocenters. The summed E-state index contributed by atoms with van der Waals surface area (Å²) in [6.45, 7) is 4.15. The van der Waals surface area contributed by atoms with Crippen LogP contribution in [0.5, 0.6) is 0 Å². The summed E-state index contributed by atoms with van der Waals surface area (Å²) in [6.07, 6.45) is 5.25. The molecule has 0 bridgehead atoms. The minimum atomic E-state index is -0.478. The molecule has 2 heterocycles. The summed E-state index contributed by atoms with van der Waals surface area (Å²) in [7, 11) is 0. The molecule has 3 N–H and O–H groups in total. The van der Waals surface area contributed by atoms with Crippen LogP contribution in [0.2, 0.25) is 0 Å². The van der Waals surface area contributed by atoms with E-state index in [0.717, 1.165) is 31.8 Å². The van der Waals surface area contributed by atoms with Gasteiger partial charge in [0.2, 0.25) is 5.91 Å². The quantitative estimate of drug-likeness (QED) is 0.690.